The molecule has 0 aromatic carbocycles. The minimum atomic E-state index is 0.707. The first kappa shape index (κ1) is 12.5. The average molecular weight is 243 g/mol. The Labute approximate surface area is 107 Å². The molecule has 0 fully saturated rings. The van der Waals surface area contributed by atoms with Crippen molar-refractivity contribution in [2.24, 2.45) is 0 Å². The maximum atomic E-state index is 5.05. The van der Waals surface area contributed by atoms with Gasteiger partial charge in [-0.25, -0.2) is 0 Å². The van der Waals surface area contributed by atoms with Gasteiger partial charge in [0, 0.05) is 26.9 Å². The molecule has 18 heavy (non-hydrogen) atoms. The summed E-state index contributed by atoms with van der Waals surface area (Å²) in [4.78, 5) is 10.8. The lowest BCUT2D eigenvalue weighted by atomic mass is 10.2. The van der Waals surface area contributed by atoms with Gasteiger partial charge in [0.25, 0.3) is 0 Å². The van der Waals surface area contributed by atoms with Gasteiger partial charge in [0.15, 0.2) is 0 Å². The number of likely N-dealkylation sites (N-methyl/N-ethyl adjacent to an activating group) is 1. The molecule has 2 rings (SSSR count). The smallest absolute Gasteiger partial charge is 0.0887 e. The number of hydrogen-bond donors (Lipinski definition) is 0. The zero-order valence-electron chi connectivity index (χ0n) is 10.7. The van der Waals surface area contributed by atoms with Crippen molar-refractivity contribution in [3.63, 3.8) is 0 Å². The molecule has 0 aliphatic carbocycles. The van der Waals surface area contributed by atoms with Gasteiger partial charge in [-0.2, -0.15) is 0 Å². The van der Waals surface area contributed by atoms with Gasteiger partial charge in [-0.15, -0.1) is 0 Å². The minimum Gasteiger partial charge on any atom is -0.383 e. The van der Waals surface area contributed by atoms with E-state index >= 15 is 0 Å². The Morgan fingerprint density at radius 2 is 1.94 bits per heavy atom. The van der Waals surface area contributed by atoms with Crippen molar-refractivity contribution in [3.05, 3.63) is 42.7 Å². The van der Waals surface area contributed by atoms with Crippen molar-refractivity contribution >= 4 is 5.69 Å². The number of hydrogen-bond acceptors (Lipinski definition) is 4. The van der Waals surface area contributed by atoms with E-state index in [1.165, 1.54) is 0 Å². The predicted octanol–water partition coefficient (Wildman–Crippen LogP) is 2.23. The molecule has 4 heteroatoms. The van der Waals surface area contributed by atoms with E-state index < -0.39 is 0 Å². The molecule has 0 N–H and O–H groups in total. The second-order valence-corrected chi connectivity index (χ2v) is 4.03. The van der Waals surface area contributed by atoms with Gasteiger partial charge in [-0.05, 0) is 24.3 Å². The molecule has 2 aromatic heterocycles. The van der Waals surface area contributed by atoms with E-state index in [4.69, 9.17) is 4.74 Å². The topological polar surface area (TPSA) is 38.2 Å². The largest absolute Gasteiger partial charge is 0.383 e. The average Bonchev–Trinajstić information content (AvgIpc) is 2.46. The van der Waals surface area contributed by atoms with Crippen LogP contribution in [0, 0.1) is 0 Å². The number of aromatic nitrogens is 2. The van der Waals surface area contributed by atoms with E-state index in [1.54, 1.807) is 13.3 Å². The van der Waals surface area contributed by atoms with Gasteiger partial charge in [-0.1, -0.05) is 6.07 Å². The molecule has 0 aliphatic heterocycles. The number of rotatable bonds is 5. The highest BCUT2D eigenvalue weighted by atomic mass is 16.5. The molecule has 0 saturated heterocycles. The second-order valence-electron chi connectivity index (χ2n) is 4.03. The highest BCUT2D eigenvalue weighted by Crippen LogP contribution is 2.17. The van der Waals surface area contributed by atoms with Crippen LogP contribution in [0.2, 0.25) is 0 Å². The van der Waals surface area contributed by atoms with E-state index in [0.717, 1.165) is 23.6 Å². The van der Waals surface area contributed by atoms with Crippen molar-refractivity contribution < 1.29 is 4.74 Å². The number of nitrogens with zero attached hydrogens (tertiary/aromatic N) is 3. The van der Waals surface area contributed by atoms with E-state index in [2.05, 4.69) is 14.9 Å². The van der Waals surface area contributed by atoms with Crippen molar-refractivity contribution in [1.82, 2.24) is 9.97 Å². The van der Waals surface area contributed by atoms with Gasteiger partial charge < -0.3 is 9.64 Å². The highest BCUT2D eigenvalue weighted by molar-refractivity contribution is 5.57. The van der Waals surface area contributed by atoms with E-state index in [0.29, 0.717) is 6.61 Å². The first-order chi connectivity index (χ1) is 8.81. The van der Waals surface area contributed by atoms with Gasteiger partial charge in [-0.3, -0.25) is 9.97 Å². The first-order valence-corrected chi connectivity index (χ1v) is 5.89. The summed E-state index contributed by atoms with van der Waals surface area (Å²) in [6.07, 6.45) is 3.63. The molecule has 0 bridgehead atoms. The molecule has 4 nitrogen and oxygen atoms in total. The molecule has 0 radical (unpaired) electrons. The Balaban J connectivity index is 2.10. The van der Waals surface area contributed by atoms with Crippen LogP contribution in [0.4, 0.5) is 5.69 Å². The Kier molecular flexibility index (Phi) is 4.25. The van der Waals surface area contributed by atoms with E-state index in [1.807, 2.05) is 43.6 Å². The maximum Gasteiger partial charge on any atom is 0.0887 e. The van der Waals surface area contributed by atoms with Gasteiger partial charge in [0.05, 0.1) is 29.9 Å². The quantitative estimate of drug-likeness (QED) is 0.807. The van der Waals surface area contributed by atoms with Crippen LogP contribution in [-0.4, -0.2) is 37.3 Å². The Hall–Kier alpha value is -1.94. The molecular weight excluding hydrogens is 226 g/mol. The van der Waals surface area contributed by atoms with Crippen LogP contribution in [0.1, 0.15) is 0 Å². The standard InChI is InChI=1S/C14H17N3O/c1-17(9-10-18-2)12-6-7-14(16-11-12)13-5-3-4-8-15-13/h3-8,11H,9-10H2,1-2H3. The predicted molar refractivity (Wildman–Crippen MR) is 72.6 cm³/mol. The van der Waals surface area contributed by atoms with Crippen LogP contribution in [0.25, 0.3) is 11.4 Å². The summed E-state index contributed by atoms with van der Waals surface area (Å²) in [6, 6.07) is 9.85. The zero-order valence-corrected chi connectivity index (χ0v) is 10.7. The summed E-state index contributed by atoms with van der Waals surface area (Å²) in [6.45, 7) is 1.56. The van der Waals surface area contributed by atoms with Gasteiger partial charge in [0.2, 0.25) is 0 Å². The number of pyridine rings is 2. The molecule has 2 aromatic rings. The van der Waals surface area contributed by atoms with Crippen LogP contribution in [-0.2, 0) is 4.74 Å². The third-order valence-electron chi connectivity index (χ3n) is 2.75. The number of ether oxygens (including phenoxy) is 1. The van der Waals surface area contributed by atoms with Crippen LogP contribution in [0.15, 0.2) is 42.7 Å². The van der Waals surface area contributed by atoms with Crippen molar-refractivity contribution in [1.29, 1.82) is 0 Å². The normalized spacial score (nSPS) is 10.3. The molecule has 0 amide bonds. The summed E-state index contributed by atoms with van der Waals surface area (Å²) >= 11 is 0. The second kappa shape index (κ2) is 6.12. The van der Waals surface area contributed by atoms with Gasteiger partial charge >= 0.3 is 0 Å². The monoisotopic (exact) mass is 243 g/mol. The van der Waals surface area contributed by atoms with E-state index in [9.17, 15) is 0 Å². The summed E-state index contributed by atoms with van der Waals surface area (Å²) in [5.74, 6) is 0. The maximum absolute atomic E-state index is 5.05. The molecule has 0 spiro atoms. The number of methoxy groups -OCH3 is 1. The molecule has 0 atom stereocenters. The third-order valence-corrected chi connectivity index (χ3v) is 2.75. The Bertz CT molecular complexity index is 470. The molecule has 0 aliphatic rings. The van der Waals surface area contributed by atoms with Crippen LogP contribution in [0.3, 0.4) is 0 Å². The van der Waals surface area contributed by atoms with Crippen LogP contribution < -0.4 is 4.90 Å². The van der Waals surface area contributed by atoms with Crippen LogP contribution in [0.5, 0.6) is 0 Å². The summed E-state index contributed by atoms with van der Waals surface area (Å²) in [5.41, 5.74) is 2.86. The number of anilines is 1. The summed E-state index contributed by atoms with van der Waals surface area (Å²) in [5, 5.41) is 0. The van der Waals surface area contributed by atoms with Crippen molar-refractivity contribution in [3.8, 4) is 11.4 Å². The minimum absolute atomic E-state index is 0.707. The zero-order chi connectivity index (χ0) is 12.8. The SMILES string of the molecule is COCCN(C)c1ccc(-c2ccccn2)nc1. The molecule has 0 saturated carbocycles. The van der Waals surface area contributed by atoms with Crippen molar-refractivity contribution in [2.45, 2.75) is 0 Å². The van der Waals surface area contributed by atoms with Crippen LogP contribution >= 0.6 is 0 Å². The molecular formula is C14H17N3O. The fraction of sp³-hybridized carbons (Fsp3) is 0.286. The fourth-order valence-electron chi connectivity index (χ4n) is 1.63. The third kappa shape index (κ3) is 3.05. The lowest BCUT2D eigenvalue weighted by Crippen LogP contribution is -2.22. The van der Waals surface area contributed by atoms with Gasteiger partial charge in [0.1, 0.15) is 0 Å². The summed E-state index contributed by atoms with van der Waals surface area (Å²) < 4.78 is 5.05. The molecule has 94 valence electrons. The lowest BCUT2D eigenvalue weighted by Gasteiger charge is -2.18. The Morgan fingerprint density at radius 3 is 2.56 bits per heavy atom. The molecule has 0 unspecified atom stereocenters. The first-order valence-electron chi connectivity index (χ1n) is 5.89. The lowest BCUT2D eigenvalue weighted by molar-refractivity contribution is 0.206. The molecule has 2 heterocycles. The van der Waals surface area contributed by atoms with Crippen molar-refractivity contribution in [2.75, 3.05) is 32.2 Å². The van der Waals surface area contributed by atoms with E-state index in [-0.39, 0.29) is 0 Å². The fourth-order valence-corrected chi connectivity index (χ4v) is 1.63. The Morgan fingerprint density at radius 1 is 1.11 bits per heavy atom. The summed E-state index contributed by atoms with van der Waals surface area (Å²) in [7, 11) is 3.73. The highest BCUT2D eigenvalue weighted by Gasteiger charge is 2.03.